The van der Waals surface area contributed by atoms with E-state index in [1.54, 1.807) is 12.3 Å². The van der Waals surface area contributed by atoms with Crippen LogP contribution in [-0.4, -0.2) is 42.1 Å². The molecule has 5 rings (SSSR count). The fourth-order valence-corrected chi connectivity index (χ4v) is 3.77. The quantitative estimate of drug-likeness (QED) is 0.306. The van der Waals surface area contributed by atoms with Crippen LogP contribution < -0.4 is 4.90 Å². The van der Waals surface area contributed by atoms with Gasteiger partial charge in [-0.1, -0.05) is 36.4 Å². The topological polar surface area (TPSA) is 129 Å². The van der Waals surface area contributed by atoms with Crippen molar-refractivity contribution in [3.63, 3.8) is 0 Å². The molecule has 9 heteroatoms. The van der Waals surface area contributed by atoms with E-state index in [2.05, 4.69) is 15.0 Å². The van der Waals surface area contributed by atoms with Crippen LogP contribution in [0.25, 0.3) is 22.9 Å². The van der Waals surface area contributed by atoms with Gasteiger partial charge >= 0.3 is 11.9 Å². The van der Waals surface area contributed by atoms with Crippen LogP contribution in [0, 0.1) is 0 Å². The average molecular weight is 489 g/mol. The summed E-state index contributed by atoms with van der Waals surface area (Å²) in [6, 6.07) is 26.5. The normalized spacial score (nSPS) is 10.6. The van der Waals surface area contributed by atoms with Gasteiger partial charge in [0.15, 0.2) is 5.82 Å². The van der Waals surface area contributed by atoms with Crippen molar-refractivity contribution in [1.82, 2.24) is 19.9 Å². The Kier molecular flexibility index (Phi) is 6.33. The van der Waals surface area contributed by atoms with E-state index in [9.17, 15) is 19.8 Å². The monoisotopic (exact) mass is 489 g/mol. The fourth-order valence-electron chi connectivity index (χ4n) is 3.77. The molecule has 0 amide bonds. The minimum atomic E-state index is -1.18. The second-order valence-corrected chi connectivity index (χ2v) is 7.91. The van der Waals surface area contributed by atoms with Crippen LogP contribution in [0.15, 0.2) is 103 Å². The van der Waals surface area contributed by atoms with Crippen LogP contribution in [0.3, 0.4) is 0 Å². The van der Waals surface area contributed by atoms with Crippen LogP contribution in [0.2, 0.25) is 0 Å². The lowest BCUT2D eigenvalue weighted by Crippen LogP contribution is -2.12. The number of benzene rings is 2. The summed E-state index contributed by atoms with van der Waals surface area (Å²) in [5.74, 6) is -1.55. The minimum Gasteiger partial charge on any atom is -0.478 e. The molecule has 3 aromatic heterocycles. The van der Waals surface area contributed by atoms with Crippen molar-refractivity contribution >= 4 is 29.1 Å². The molecule has 0 fully saturated rings. The Balaban J connectivity index is 1.64. The number of hydrogen-bond acceptors (Lipinski definition) is 7. The van der Waals surface area contributed by atoms with E-state index < -0.39 is 11.9 Å². The molecule has 2 N–H and O–H groups in total. The number of hydrogen-bond donors (Lipinski definition) is 2. The van der Waals surface area contributed by atoms with Crippen molar-refractivity contribution in [1.29, 1.82) is 0 Å². The van der Waals surface area contributed by atoms with Crippen molar-refractivity contribution in [2.45, 2.75) is 0 Å². The number of anilines is 3. The van der Waals surface area contributed by atoms with Crippen LogP contribution in [0.1, 0.15) is 20.7 Å². The maximum atomic E-state index is 11.9. The highest BCUT2D eigenvalue weighted by atomic mass is 16.4. The number of para-hydroxylation sites is 2. The molecule has 0 aliphatic carbocycles. The maximum Gasteiger partial charge on any atom is 0.335 e. The van der Waals surface area contributed by atoms with E-state index in [0.29, 0.717) is 5.82 Å². The predicted molar refractivity (Wildman–Crippen MR) is 137 cm³/mol. The van der Waals surface area contributed by atoms with E-state index in [1.807, 2.05) is 65.6 Å². The first-order valence-corrected chi connectivity index (χ1v) is 11.2. The second kappa shape index (κ2) is 10.0. The molecule has 0 atom stereocenters. The predicted octanol–water partition coefficient (Wildman–Crippen LogP) is 5.47. The van der Waals surface area contributed by atoms with Crippen LogP contribution in [-0.2, 0) is 0 Å². The van der Waals surface area contributed by atoms with Gasteiger partial charge in [0.25, 0.3) is 0 Å². The SMILES string of the molecule is O=C(O)c1ccnc(-c2cc(C(=O)O)cc(-c3nccc(N(c4ccccc4)c4ccccc4)n3)n2)c1. The molecule has 3 heterocycles. The third kappa shape index (κ3) is 5.01. The summed E-state index contributed by atoms with van der Waals surface area (Å²) in [6.07, 6.45) is 2.91. The summed E-state index contributed by atoms with van der Waals surface area (Å²) in [5.41, 5.74) is 2.32. The number of carboxylic acids is 2. The summed E-state index contributed by atoms with van der Waals surface area (Å²) in [6.45, 7) is 0. The highest BCUT2D eigenvalue weighted by molar-refractivity contribution is 5.91. The van der Waals surface area contributed by atoms with Gasteiger partial charge in [-0.25, -0.2) is 24.5 Å². The van der Waals surface area contributed by atoms with Gasteiger partial charge in [0, 0.05) is 23.8 Å². The first-order valence-electron chi connectivity index (χ1n) is 11.2. The van der Waals surface area contributed by atoms with Crippen LogP contribution in [0.5, 0.6) is 0 Å². The average Bonchev–Trinajstić information content (AvgIpc) is 2.94. The molecule has 5 aromatic rings. The molecular formula is C28H19N5O4. The molecule has 0 aliphatic heterocycles. The van der Waals surface area contributed by atoms with E-state index in [4.69, 9.17) is 4.98 Å². The van der Waals surface area contributed by atoms with Crippen molar-refractivity contribution in [3.05, 3.63) is 115 Å². The van der Waals surface area contributed by atoms with Crippen LogP contribution in [0.4, 0.5) is 17.2 Å². The highest BCUT2D eigenvalue weighted by Gasteiger charge is 2.18. The summed E-state index contributed by atoms with van der Waals surface area (Å²) in [4.78, 5) is 43.1. The van der Waals surface area contributed by atoms with E-state index >= 15 is 0 Å². The minimum absolute atomic E-state index is 0.00805. The van der Waals surface area contributed by atoms with Gasteiger partial charge < -0.3 is 10.2 Å². The zero-order valence-corrected chi connectivity index (χ0v) is 19.3. The Morgan fingerprint density at radius 1 is 0.595 bits per heavy atom. The van der Waals surface area contributed by atoms with Crippen molar-refractivity contribution < 1.29 is 19.8 Å². The lowest BCUT2D eigenvalue weighted by molar-refractivity contribution is 0.0686. The Bertz CT molecular complexity index is 1550. The van der Waals surface area contributed by atoms with Crippen molar-refractivity contribution in [2.24, 2.45) is 0 Å². The molecule has 37 heavy (non-hydrogen) atoms. The Morgan fingerprint density at radius 2 is 1.16 bits per heavy atom. The number of nitrogens with zero attached hydrogens (tertiary/aromatic N) is 5. The summed E-state index contributed by atoms with van der Waals surface area (Å²) < 4.78 is 0. The Hall–Kier alpha value is -5.44. The molecule has 0 saturated carbocycles. The van der Waals surface area contributed by atoms with Gasteiger partial charge in [-0.05, 0) is 54.6 Å². The molecule has 2 aromatic carbocycles. The maximum absolute atomic E-state index is 11.9. The Labute approximate surface area is 211 Å². The third-order valence-corrected chi connectivity index (χ3v) is 5.47. The van der Waals surface area contributed by atoms with E-state index in [0.717, 1.165) is 11.4 Å². The fraction of sp³-hybridized carbons (Fsp3) is 0. The first-order chi connectivity index (χ1) is 18.0. The molecule has 0 unspecified atom stereocenters. The molecule has 180 valence electrons. The zero-order chi connectivity index (χ0) is 25.8. The highest BCUT2D eigenvalue weighted by Crippen LogP contribution is 2.33. The summed E-state index contributed by atoms with van der Waals surface area (Å²) in [5, 5.41) is 19.1. The zero-order valence-electron chi connectivity index (χ0n) is 19.3. The molecule has 0 spiro atoms. The summed E-state index contributed by atoms with van der Waals surface area (Å²) in [7, 11) is 0. The van der Waals surface area contributed by atoms with Gasteiger partial charge in [0.2, 0.25) is 0 Å². The number of carboxylic acid groups (broad SMARTS) is 2. The van der Waals surface area contributed by atoms with Crippen molar-refractivity contribution in [2.75, 3.05) is 4.90 Å². The molecule has 9 nitrogen and oxygen atoms in total. The molecule has 0 saturated heterocycles. The number of aromatic nitrogens is 4. The molecular weight excluding hydrogens is 470 g/mol. The lowest BCUT2D eigenvalue weighted by Gasteiger charge is -2.24. The van der Waals surface area contributed by atoms with Gasteiger partial charge in [-0.15, -0.1) is 0 Å². The van der Waals surface area contributed by atoms with Gasteiger partial charge in [-0.3, -0.25) is 9.88 Å². The number of rotatable bonds is 7. The van der Waals surface area contributed by atoms with Crippen LogP contribution >= 0.6 is 0 Å². The van der Waals surface area contributed by atoms with Gasteiger partial charge in [-0.2, -0.15) is 0 Å². The number of pyridine rings is 2. The number of carbonyl (C=O) groups is 2. The standard InChI is InChI=1S/C28H19N5O4/c34-27(35)18-11-13-29-22(15-18)23-16-19(28(36)37)17-24(31-23)26-30-14-12-25(32-26)33(20-7-3-1-4-8-20)21-9-5-2-6-10-21/h1-17H,(H,34,35)(H,36,37). The molecule has 0 bridgehead atoms. The lowest BCUT2D eigenvalue weighted by atomic mass is 10.1. The first kappa shape index (κ1) is 23.3. The van der Waals surface area contributed by atoms with Gasteiger partial charge in [0.1, 0.15) is 11.5 Å². The molecule has 0 aliphatic rings. The van der Waals surface area contributed by atoms with E-state index in [-0.39, 0.29) is 34.0 Å². The Morgan fingerprint density at radius 3 is 1.78 bits per heavy atom. The smallest absolute Gasteiger partial charge is 0.335 e. The van der Waals surface area contributed by atoms with Crippen molar-refractivity contribution in [3.8, 4) is 22.9 Å². The van der Waals surface area contributed by atoms with E-state index in [1.165, 1.54) is 30.5 Å². The summed E-state index contributed by atoms with van der Waals surface area (Å²) >= 11 is 0. The second-order valence-electron chi connectivity index (χ2n) is 7.91. The molecule has 0 radical (unpaired) electrons. The largest absolute Gasteiger partial charge is 0.478 e. The third-order valence-electron chi connectivity index (χ3n) is 5.47. The number of aromatic carboxylic acids is 2. The van der Waals surface area contributed by atoms with Gasteiger partial charge in [0.05, 0.1) is 22.5 Å².